The summed E-state index contributed by atoms with van der Waals surface area (Å²) in [6.07, 6.45) is -2.29. The number of benzene rings is 2. The van der Waals surface area contributed by atoms with Crippen LogP contribution in [0.15, 0.2) is 6.07 Å². The number of hydrogen-bond donors (Lipinski definition) is 0. The zero-order chi connectivity index (χ0) is 36.2. The highest BCUT2D eigenvalue weighted by Crippen LogP contribution is 2.47. The molecule has 0 radical (unpaired) electrons. The van der Waals surface area contributed by atoms with Crippen LogP contribution in [0, 0.1) is 44.3 Å². The molecule has 49 heavy (non-hydrogen) atoms. The number of halogens is 4. The molecule has 1 saturated carbocycles. The molecule has 4 atom stereocenters. The van der Waals surface area contributed by atoms with E-state index in [-0.39, 0.29) is 37.3 Å². The van der Waals surface area contributed by atoms with Crippen LogP contribution in [0.5, 0.6) is 5.75 Å². The Labute approximate surface area is 287 Å². The molecule has 1 unspecified atom stereocenters. The number of alkyl halides is 3. The number of carbonyl (C=O) groups excluding carboxylic acids is 2. The number of amides is 1. The number of rotatable bonds is 6. The Morgan fingerprint density at radius 2 is 1.67 bits per heavy atom. The summed E-state index contributed by atoms with van der Waals surface area (Å²) in [4.78, 5) is 27.8. The Balaban J connectivity index is 1.74. The summed E-state index contributed by atoms with van der Waals surface area (Å²) < 4.78 is 75.4. The molecule has 1 aliphatic carbocycles. The van der Waals surface area contributed by atoms with Crippen molar-refractivity contribution in [2.24, 2.45) is 17.8 Å². The van der Waals surface area contributed by atoms with Gasteiger partial charge in [0.1, 0.15) is 6.10 Å². The normalized spacial score (nSPS) is 21.9. The standard InChI is InChI=1S/C39H51F4NO5/c1-20(2)25-13-12-21(3)17-31(25)48-36(45)35(49-38(7,8)9)33-23(5)26-14-15-44(37(46)39(41,42)43)19-29(26)24(6)32(33)28-18-30(40)34-27(22(28)4)11-10-16-47-34/h18,20-21,25,31,35H,10-17,19H2,1-9H3/t21-,25+,31?,35+/m1/s1. The van der Waals surface area contributed by atoms with Crippen molar-refractivity contribution in [2.75, 3.05) is 13.2 Å². The fourth-order valence-electron chi connectivity index (χ4n) is 8.21. The summed E-state index contributed by atoms with van der Waals surface area (Å²) in [5, 5.41) is 0. The molecule has 0 aromatic heterocycles. The third-order valence-electron chi connectivity index (χ3n) is 10.7. The number of fused-ring (bicyclic) bond motifs is 2. The van der Waals surface area contributed by atoms with Crippen LogP contribution in [0.3, 0.4) is 0 Å². The van der Waals surface area contributed by atoms with Crippen LogP contribution >= 0.6 is 0 Å². The van der Waals surface area contributed by atoms with Gasteiger partial charge in [-0.3, -0.25) is 4.79 Å². The molecule has 1 amide bonds. The molecular formula is C39H51F4NO5. The molecular weight excluding hydrogens is 638 g/mol. The van der Waals surface area contributed by atoms with Gasteiger partial charge in [-0.25, -0.2) is 9.18 Å². The molecule has 10 heteroatoms. The Hall–Kier alpha value is -3.14. The van der Waals surface area contributed by atoms with Crippen molar-refractivity contribution in [2.45, 2.75) is 131 Å². The van der Waals surface area contributed by atoms with E-state index in [0.29, 0.717) is 64.7 Å². The van der Waals surface area contributed by atoms with E-state index in [2.05, 4.69) is 20.8 Å². The lowest BCUT2D eigenvalue weighted by Crippen LogP contribution is -2.44. The van der Waals surface area contributed by atoms with Gasteiger partial charge < -0.3 is 19.1 Å². The highest BCUT2D eigenvalue weighted by atomic mass is 19.4. The first-order chi connectivity index (χ1) is 22.8. The Bertz CT molecular complexity index is 1610. The fourth-order valence-corrected chi connectivity index (χ4v) is 8.21. The lowest BCUT2D eigenvalue weighted by atomic mass is 9.75. The van der Waals surface area contributed by atoms with Crippen LogP contribution < -0.4 is 4.74 Å². The first kappa shape index (κ1) is 37.1. The predicted molar refractivity (Wildman–Crippen MR) is 180 cm³/mol. The van der Waals surface area contributed by atoms with Gasteiger partial charge in [-0.05, 0) is 136 Å². The Morgan fingerprint density at radius 3 is 2.31 bits per heavy atom. The molecule has 0 spiro atoms. The van der Waals surface area contributed by atoms with E-state index in [4.69, 9.17) is 14.2 Å². The third-order valence-corrected chi connectivity index (χ3v) is 10.7. The molecule has 0 bridgehead atoms. The topological polar surface area (TPSA) is 65.1 Å². The van der Waals surface area contributed by atoms with Gasteiger partial charge >= 0.3 is 18.1 Å². The van der Waals surface area contributed by atoms with E-state index in [0.717, 1.165) is 40.9 Å². The quantitative estimate of drug-likeness (QED) is 0.224. The van der Waals surface area contributed by atoms with E-state index >= 15 is 4.39 Å². The Morgan fingerprint density at radius 1 is 0.980 bits per heavy atom. The maximum absolute atomic E-state index is 15.9. The van der Waals surface area contributed by atoms with Crippen molar-refractivity contribution >= 4 is 11.9 Å². The van der Waals surface area contributed by atoms with Crippen LogP contribution in [0.2, 0.25) is 0 Å². The van der Waals surface area contributed by atoms with Crippen LogP contribution in [0.4, 0.5) is 17.6 Å². The first-order valence-electron chi connectivity index (χ1n) is 17.6. The van der Waals surface area contributed by atoms with Gasteiger partial charge in [0.2, 0.25) is 0 Å². The average Bonchev–Trinajstić information content (AvgIpc) is 3.02. The van der Waals surface area contributed by atoms with Gasteiger partial charge in [-0.1, -0.05) is 27.2 Å². The minimum atomic E-state index is -5.01. The molecule has 3 aliphatic rings. The maximum Gasteiger partial charge on any atom is 0.471 e. The van der Waals surface area contributed by atoms with Crippen molar-refractivity contribution < 1.29 is 41.4 Å². The molecule has 0 saturated heterocycles. The summed E-state index contributed by atoms with van der Waals surface area (Å²) in [5.41, 5.74) is 4.84. The second kappa shape index (κ2) is 13.9. The molecule has 2 aliphatic heterocycles. The Kier molecular flexibility index (Phi) is 10.5. The van der Waals surface area contributed by atoms with E-state index in [1.54, 1.807) is 6.92 Å². The number of hydrogen-bond acceptors (Lipinski definition) is 5. The largest absolute Gasteiger partial charge is 0.490 e. The lowest BCUT2D eigenvalue weighted by Gasteiger charge is -2.39. The zero-order valence-electron chi connectivity index (χ0n) is 30.3. The molecule has 2 aromatic rings. The number of esters is 1. The highest BCUT2D eigenvalue weighted by Gasteiger charge is 2.45. The van der Waals surface area contributed by atoms with Gasteiger partial charge in [-0.15, -0.1) is 0 Å². The zero-order valence-corrected chi connectivity index (χ0v) is 30.3. The maximum atomic E-state index is 15.9. The van der Waals surface area contributed by atoms with E-state index in [9.17, 15) is 22.8 Å². The second-order valence-corrected chi connectivity index (χ2v) is 15.7. The number of ether oxygens (including phenoxy) is 3. The van der Waals surface area contributed by atoms with Crippen molar-refractivity contribution in [1.82, 2.24) is 4.90 Å². The monoisotopic (exact) mass is 689 g/mol. The van der Waals surface area contributed by atoms with Gasteiger partial charge in [0, 0.05) is 24.2 Å². The molecule has 2 aromatic carbocycles. The SMILES string of the molecule is Cc1c(-c2c(C)c3c(c(C)c2[C@H](OC(C)(C)C)C(=O)OC2C[C@H](C)CC[C@H]2C(C)C)CCN(C(=O)C(F)(F)F)C3)cc(F)c2c1CCCO2. The summed E-state index contributed by atoms with van der Waals surface area (Å²) in [7, 11) is 0. The van der Waals surface area contributed by atoms with Crippen LogP contribution in [-0.2, 0) is 38.4 Å². The van der Waals surface area contributed by atoms with E-state index in [1.807, 2.05) is 34.6 Å². The van der Waals surface area contributed by atoms with E-state index in [1.165, 1.54) is 6.07 Å². The van der Waals surface area contributed by atoms with Crippen LogP contribution in [0.1, 0.15) is 112 Å². The number of nitrogens with zero attached hydrogens (tertiary/aromatic N) is 1. The third kappa shape index (κ3) is 7.49. The van der Waals surface area contributed by atoms with Gasteiger partial charge in [-0.2, -0.15) is 13.2 Å². The van der Waals surface area contributed by atoms with Crippen molar-refractivity contribution in [3.05, 3.63) is 50.8 Å². The predicted octanol–water partition coefficient (Wildman–Crippen LogP) is 9.05. The van der Waals surface area contributed by atoms with Crippen LogP contribution in [-0.4, -0.2) is 47.8 Å². The number of carbonyl (C=O) groups is 2. The minimum Gasteiger partial charge on any atom is -0.490 e. The molecule has 1 fully saturated rings. The smallest absolute Gasteiger partial charge is 0.471 e. The van der Waals surface area contributed by atoms with E-state index < -0.39 is 35.6 Å². The van der Waals surface area contributed by atoms with Crippen molar-refractivity contribution in [3.8, 4) is 16.9 Å². The highest BCUT2D eigenvalue weighted by molar-refractivity contribution is 5.87. The summed E-state index contributed by atoms with van der Waals surface area (Å²) in [6.45, 7) is 17.5. The summed E-state index contributed by atoms with van der Waals surface area (Å²) in [5.74, 6) is -1.88. The lowest BCUT2D eigenvalue weighted by molar-refractivity contribution is -0.186. The molecule has 270 valence electrons. The molecule has 0 N–H and O–H groups in total. The molecule has 5 rings (SSSR count). The summed E-state index contributed by atoms with van der Waals surface area (Å²) >= 11 is 0. The summed E-state index contributed by atoms with van der Waals surface area (Å²) in [6, 6.07) is 1.40. The molecule has 2 heterocycles. The van der Waals surface area contributed by atoms with Crippen molar-refractivity contribution in [3.63, 3.8) is 0 Å². The minimum absolute atomic E-state index is 0.125. The van der Waals surface area contributed by atoms with Gasteiger partial charge in [0.25, 0.3) is 0 Å². The first-order valence-corrected chi connectivity index (χ1v) is 17.6. The van der Waals surface area contributed by atoms with Crippen LogP contribution in [0.25, 0.3) is 11.1 Å². The van der Waals surface area contributed by atoms with Gasteiger partial charge in [0.05, 0.1) is 12.2 Å². The molecule has 6 nitrogen and oxygen atoms in total. The van der Waals surface area contributed by atoms with Gasteiger partial charge in [0.15, 0.2) is 17.7 Å². The fraction of sp³-hybridized carbons (Fsp3) is 0.641. The second-order valence-electron chi connectivity index (χ2n) is 15.7. The average molecular weight is 690 g/mol. The van der Waals surface area contributed by atoms with Crippen molar-refractivity contribution in [1.29, 1.82) is 0 Å².